The molecule has 0 saturated carbocycles. The van der Waals surface area contributed by atoms with Crippen molar-refractivity contribution in [1.82, 2.24) is 0 Å². The molecule has 0 amide bonds. The molecule has 2 aromatic rings. The van der Waals surface area contributed by atoms with Crippen LogP contribution in [0.2, 0.25) is 10.0 Å². The van der Waals surface area contributed by atoms with Gasteiger partial charge in [-0.05, 0) is 0 Å². The summed E-state index contributed by atoms with van der Waals surface area (Å²) in [5.74, 6) is -1.03. The zero-order valence-corrected chi connectivity index (χ0v) is 15.9. The molecule has 0 aliphatic rings. The van der Waals surface area contributed by atoms with E-state index in [0.29, 0.717) is 21.2 Å². The third-order valence-electron chi connectivity index (χ3n) is 2.43. The van der Waals surface area contributed by atoms with Gasteiger partial charge in [0.2, 0.25) is 0 Å². The molecule has 2 aromatic carbocycles. The molecule has 106 valence electrons. The van der Waals surface area contributed by atoms with Crippen LogP contribution in [0, 0.1) is 0 Å². The second kappa shape index (κ2) is 7.77. The number of carbonyl (C=O) groups excluding carboxylic acids is 2. The average molecular weight is 518 g/mol. The second-order valence-corrected chi connectivity index (χ2v) is 6.98. The van der Waals surface area contributed by atoms with Crippen LogP contribution in [0.15, 0.2) is 48.5 Å². The summed E-state index contributed by atoms with van der Waals surface area (Å²) in [6.07, 6.45) is 0. The minimum absolute atomic E-state index is 0.370. The van der Waals surface area contributed by atoms with Crippen LogP contribution in [-0.4, -0.2) is 37.1 Å². The third kappa shape index (κ3) is 4.98. The molecule has 4 nitrogen and oxygen atoms in total. The van der Waals surface area contributed by atoms with Gasteiger partial charge in [0.15, 0.2) is 0 Å². The van der Waals surface area contributed by atoms with Gasteiger partial charge in [0.05, 0.1) is 0 Å². The summed E-state index contributed by atoms with van der Waals surface area (Å²) < 4.78 is 10.1. The van der Waals surface area contributed by atoms with Gasteiger partial charge in [-0.1, -0.05) is 0 Å². The summed E-state index contributed by atoms with van der Waals surface area (Å²) in [4.78, 5) is 23.4. The Balaban J connectivity index is 1.83. The summed E-state index contributed by atoms with van der Waals surface area (Å²) in [5, 5.41) is 1.06. The molecule has 7 heteroatoms. The Bertz CT molecular complexity index is 584. The molecule has 0 heterocycles. The van der Waals surface area contributed by atoms with Gasteiger partial charge in [0.25, 0.3) is 0 Å². The SMILES string of the molecule is O=C([O][Pb][O]C(=O)c1ccc(Cl)cc1)c1ccc(Cl)cc1. The van der Waals surface area contributed by atoms with Crippen molar-refractivity contribution in [2.24, 2.45) is 0 Å². The van der Waals surface area contributed by atoms with Gasteiger partial charge in [0.1, 0.15) is 0 Å². The topological polar surface area (TPSA) is 52.6 Å². The number of halogens is 2. The predicted octanol–water partition coefficient (Wildman–Crippen LogP) is 3.54. The van der Waals surface area contributed by atoms with Crippen molar-refractivity contribution in [1.29, 1.82) is 0 Å². The first-order chi connectivity index (χ1) is 10.1. The number of benzene rings is 2. The van der Waals surface area contributed by atoms with Crippen molar-refractivity contribution < 1.29 is 15.0 Å². The fourth-order valence-electron chi connectivity index (χ4n) is 1.39. The van der Waals surface area contributed by atoms with Gasteiger partial charge in [-0.2, -0.15) is 0 Å². The summed E-state index contributed by atoms with van der Waals surface area (Å²) in [6, 6.07) is 12.6. The number of hydrogen-bond acceptors (Lipinski definition) is 4. The molecule has 0 fully saturated rings. The first-order valence-electron chi connectivity index (χ1n) is 5.75. The van der Waals surface area contributed by atoms with Gasteiger partial charge >= 0.3 is 145 Å². The van der Waals surface area contributed by atoms with Gasteiger partial charge in [-0.15, -0.1) is 0 Å². The molecular weight excluding hydrogens is 510 g/mol. The van der Waals surface area contributed by atoms with Crippen LogP contribution in [0.1, 0.15) is 20.7 Å². The van der Waals surface area contributed by atoms with Crippen LogP contribution in [0.25, 0.3) is 0 Å². The Morgan fingerprint density at radius 2 is 1.05 bits per heavy atom. The van der Waals surface area contributed by atoms with E-state index in [4.69, 9.17) is 28.6 Å². The number of carbonyl (C=O) groups is 2. The molecule has 0 bridgehead atoms. The van der Waals surface area contributed by atoms with Gasteiger partial charge < -0.3 is 0 Å². The summed E-state index contributed by atoms with van der Waals surface area (Å²) in [6.45, 7) is 0. The van der Waals surface area contributed by atoms with Crippen LogP contribution < -0.4 is 0 Å². The van der Waals surface area contributed by atoms with Crippen molar-refractivity contribution in [2.45, 2.75) is 0 Å². The zero-order chi connectivity index (χ0) is 15.2. The van der Waals surface area contributed by atoms with E-state index in [1.54, 1.807) is 48.5 Å². The van der Waals surface area contributed by atoms with Crippen LogP contribution >= 0.6 is 23.2 Å². The molecule has 2 rings (SSSR count). The van der Waals surface area contributed by atoms with Crippen molar-refractivity contribution >= 4 is 60.3 Å². The molecule has 2 radical (unpaired) electrons. The molecule has 0 unspecified atom stereocenters. The predicted molar refractivity (Wildman–Crippen MR) is 79.5 cm³/mol. The van der Waals surface area contributed by atoms with Crippen LogP contribution in [0.5, 0.6) is 0 Å². The van der Waals surface area contributed by atoms with Gasteiger partial charge in [0, 0.05) is 0 Å². The van der Waals surface area contributed by atoms with Crippen molar-refractivity contribution in [3.63, 3.8) is 0 Å². The Morgan fingerprint density at radius 1 is 0.714 bits per heavy atom. The molecule has 0 aliphatic heterocycles. The molecule has 0 aliphatic carbocycles. The Morgan fingerprint density at radius 3 is 1.38 bits per heavy atom. The summed E-state index contributed by atoms with van der Waals surface area (Å²) >= 11 is 9.17. The van der Waals surface area contributed by atoms with Crippen molar-refractivity contribution in [3.8, 4) is 0 Å². The van der Waals surface area contributed by atoms with Crippen LogP contribution in [0.4, 0.5) is 0 Å². The maximum atomic E-state index is 11.7. The number of rotatable bonds is 4. The molecule has 0 spiro atoms. The van der Waals surface area contributed by atoms with E-state index in [2.05, 4.69) is 0 Å². The molecule has 0 saturated heterocycles. The van der Waals surface area contributed by atoms with E-state index < -0.39 is 37.1 Å². The van der Waals surface area contributed by atoms with E-state index in [-0.39, 0.29) is 0 Å². The fraction of sp³-hybridized carbons (Fsp3) is 0. The van der Waals surface area contributed by atoms with Crippen molar-refractivity contribution in [2.75, 3.05) is 0 Å². The van der Waals surface area contributed by atoms with Gasteiger partial charge in [-0.3, -0.25) is 0 Å². The fourth-order valence-corrected chi connectivity index (χ4v) is 3.31. The Hall–Kier alpha value is -1.12. The van der Waals surface area contributed by atoms with E-state index in [1.807, 2.05) is 0 Å². The van der Waals surface area contributed by atoms with Crippen molar-refractivity contribution in [3.05, 3.63) is 69.7 Å². The molecule has 21 heavy (non-hydrogen) atoms. The van der Waals surface area contributed by atoms with Crippen LogP contribution in [0.3, 0.4) is 0 Å². The molecular formula is C14H8Cl2O4Pb. The monoisotopic (exact) mass is 518 g/mol. The average Bonchev–Trinajstić information content (AvgIpc) is 2.48. The third-order valence-corrected chi connectivity index (χ3v) is 5.02. The van der Waals surface area contributed by atoms with E-state index >= 15 is 0 Å². The first-order valence-corrected chi connectivity index (χ1v) is 9.68. The normalized spacial score (nSPS) is 10.0. The Labute approximate surface area is 144 Å². The molecule has 0 N–H and O–H groups in total. The summed E-state index contributed by atoms with van der Waals surface area (Å²) in [7, 11) is 0. The Kier molecular flexibility index (Phi) is 6.01. The standard InChI is InChI=1S/2C7H5ClO2.Pb/c2*8-6-3-1-5(2-4-6)7(9)10;/h2*1-4H,(H,9,10);/q;;+2/p-2. The molecule has 0 aromatic heterocycles. The maximum absolute atomic E-state index is 11.7. The summed E-state index contributed by atoms with van der Waals surface area (Å²) in [5.41, 5.74) is 0.740. The number of hydrogen-bond donors (Lipinski definition) is 0. The van der Waals surface area contributed by atoms with E-state index in [9.17, 15) is 9.59 Å². The first kappa shape index (κ1) is 16.3. The van der Waals surface area contributed by atoms with E-state index in [0.717, 1.165) is 0 Å². The molecule has 0 atom stereocenters. The minimum atomic E-state index is -2.27. The van der Waals surface area contributed by atoms with Gasteiger partial charge in [-0.25, -0.2) is 0 Å². The second-order valence-electron chi connectivity index (χ2n) is 3.88. The quantitative estimate of drug-likeness (QED) is 0.582. The van der Waals surface area contributed by atoms with E-state index in [1.165, 1.54) is 0 Å². The van der Waals surface area contributed by atoms with Crippen LogP contribution in [-0.2, 0) is 5.37 Å². The zero-order valence-electron chi connectivity index (χ0n) is 10.5.